The predicted octanol–water partition coefficient (Wildman–Crippen LogP) is 5.83. The number of rotatable bonds is 7. The van der Waals surface area contributed by atoms with E-state index < -0.39 is 0 Å². The van der Waals surface area contributed by atoms with Gasteiger partial charge in [0.1, 0.15) is 0 Å². The minimum absolute atomic E-state index is 0.0424. The summed E-state index contributed by atoms with van der Waals surface area (Å²) in [4.78, 5) is 9.65. The van der Waals surface area contributed by atoms with E-state index in [0.717, 1.165) is 0 Å². The van der Waals surface area contributed by atoms with E-state index in [9.17, 15) is 4.79 Å². The van der Waals surface area contributed by atoms with E-state index in [1.807, 2.05) is 0 Å². The predicted molar refractivity (Wildman–Crippen MR) is 93.6 cm³/mol. The molecule has 0 aliphatic carbocycles. The van der Waals surface area contributed by atoms with E-state index in [1.165, 1.54) is 43.9 Å². The molecule has 0 spiro atoms. The standard InChI is InChI=1S/2C6H15P.C2H3O.ClH.Ni/c2*1-4-7(5-2)6-3;1-2-3;;/h2*4-6H2,1-3H3;1H3;1H;/q;;;;+1/p-1. The van der Waals surface area contributed by atoms with Gasteiger partial charge in [-0.2, -0.15) is 0 Å². The van der Waals surface area contributed by atoms with Gasteiger partial charge in [0.25, 0.3) is 0 Å². The van der Waals surface area contributed by atoms with Crippen molar-refractivity contribution in [2.24, 2.45) is 0 Å². The summed E-state index contributed by atoms with van der Waals surface area (Å²) in [5.74, 6) is 0. The van der Waals surface area contributed by atoms with Crippen molar-refractivity contribution in [2.75, 3.05) is 37.0 Å². The molecule has 0 unspecified atom stereocenters. The first-order chi connectivity index (χ1) is 8.96. The molecule has 0 aromatic rings. The Morgan fingerprint density at radius 2 is 0.947 bits per heavy atom. The Bertz CT molecular complexity index is 152. The second kappa shape index (κ2) is 21.6. The summed E-state index contributed by atoms with van der Waals surface area (Å²) in [7, 11) is 5.82. The second-order valence-corrected chi connectivity index (χ2v) is 11.6. The Hall–Kier alpha value is 1.31. The molecule has 0 aliphatic heterocycles. The van der Waals surface area contributed by atoms with Crippen LogP contribution in [-0.4, -0.2) is 41.7 Å². The van der Waals surface area contributed by atoms with Gasteiger partial charge in [-0.3, -0.25) is 0 Å². The summed E-state index contributed by atoms with van der Waals surface area (Å²) in [5.41, 5.74) is 0. The molecule has 1 nitrogen and oxygen atoms in total. The zero-order chi connectivity index (χ0) is 15.7. The molecular weight excluding hydrogens is 340 g/mol. The summed E-state index contributed by atoms with van der Waals surface area (Å²) < 4.78 is -0.0424. The van der Waals surface area contributed by atoms with Gasteiger partial charge in [0, 0.05) is 0 Å². The van der Waals surface area contributed by atoms with Crippen LogP contribution in [0.4, 0.5) is 0 Å². The molecule has 0 rings (SSSR count). The van der Waals surface area contributed by atoms with Gasteiger partial charge in [0.2, 0.25) is 0 Å². The van der Waals surface area contributed by atoms with Gasteiger partial charge in [-0.05, 0) is 37.0 Å². The number of carbonyl (C=O) groups is 1. The quantitative estimate of drug-likeness (QED) is 0.406. The normalized spacial score (nSPS) is 9.79. The van der Waals surface area contributed by atoms with Crippen LogP contribution in [0.2, 0.25) is 0 Å². The Balaban J connectivity index is -0.000000206. The summed E-state index contributed by atoms with van der Waals surface area (Å²) >= 11 is 0.569. The zero-order valence-corrected chi connectivity index (χ0v) is 17.3. The molecular formula is C14H33ClNiOP2. The number of hydrogen-bond acceptors (Lipinski definition) is 1. The van der Waals surface area contributed by atoms with Crippen molar-refractivity contribution < 1.29 is 18.3 Å². The van der Waals surface area contributed by atoms with E-state index in [1.54, 1.807) is 0 Å². The third kappa shape index (κ3) is 24.7. The van der Waals surface area contributed by atoms with Gasteiger partial charge in [0.15, 0.2) is 0 Å². The van der Waals surface area contributed by atoms with Crippen molar-refractivity contribution in [2.45, 2.75) is 48.5 Å². The number of halogens is 1. The van der Waals surface area contributed by atoms with Gasteiger partial charge in [-0.25, -0.2) is 0 Å². The van der Waals surface area contributed by atoms with E-state index >= 15 is 0 Å². The maximum absolute atomic E-state index is 9.65. The first kappa shape index (κ1) is 25.3. The van der Waals surface area contributed by atoms with Crippen molar-refractivity contribution in [1.82, 2.24) is 0 Å². The molecule has 0 amide bonds. The molecule has 0 aromatic carbocycles. The molecule has 0 saturated heterocycles. The number of carbonyl (C=O) groups excluding carboxylic acids is 1. The summed E-state index contributed by atoms with van der Waals surface area (Å²) in [6.45, 7) is 15.2. The van der Waals surface area contributed by atoms with E-state index in [-0.39, 0.29) is 4.75 Å². The Morgan fingerprint density at radius 3 is 0.947 bits per heavy atom. The van der Waals surface area contributed by atoms with Crippen LogP contribution in [0, 0.1) is 0 Å². The first-order valence-corrected chi connectivity index (χ1v) is 12.8. The molecule has 0 bridgehead atoms. The maximum atomic E-state index is 9.65. The molecule has 19 heavy (non-hydrogen) atoms. The molecule has 0 heterocycles. The van der Waals surface area contributed by atoms with Gasteiger partial charge in [-0.15, -0.1) is 15.8 Å². The molecule has 0 radical (unpaired) electrons. The van der Waals surface area contributed by atoms with Crippen molar-refractivity contribution in [1.29, 1.82) is 0 Å². The third-order valence-corrected chi connectivity index (χ3v) is 9.09. The van der Waals surface area contributed by atoms with E-state index in [2.05, 4.69) is 41.5 Å². The number of hydrogen-bond donors (Lipinski definition) is 0. The fourth-order valence-corrected chi connectivity index (χ4v) is 4.02. The van der Waals surface area contributed by atoms with Crippen LogP contribution in [0.25, 0.3) is 0 Å². The van der Waals surface area contributed by atoms with E-state index in [4.69, 9.17) is 10.2 Å². The third-order valence-electron chi connectivity index (χ3n) is 2.77. The SMILES string of the molecule is CCP(CC)CC.CCP(CC)CC.C[C](=O)[Ni][Cl]. The van der Waals surface area contributed by atoms with Crippen LogP contribution in [-0.2, 0) is 18.3 Å². The van der Waals surface area contributed by atoms with Crippen LogP contribution in [0.15, 0.2) is 0 Å². The summed E-state index contributed by atoms with van der Waals surface area (Å²) in [6.07, 6.45) is 8.51. The van der Waals surface area contributed by atoms with Crippen LogP contribution in [0.1, 0.15) is 48.5 Å². The summed E-state index contributed by atoms with van der Waals surface area (Å²) in [5, 5.41) is 0. The fourth-order valence-electron chi connectivity index (χ4n) is 1.34. The molecule has 0 aliphatic rings. The molecule has 122 valence electrons. The van der Waals surface area contributed by atoms with Crippen LogP contribution in [0.3, 0.4) is 0 Å². The molecule has 0 N–H and O–H groups in total. The minimum atomic E-state index is -0.0424. The molecule has 0 saturated carbocycles. The molecule has 0 aromatic heterocycles. The van der Waals surface area contributed by atoms with Crippen LogP contribution in [0.5, 0.6) is 0 Å². The van der Waals surface area contributed by atoms with E-state index in [0.29, 0.717) is 29.4 Å². The summed E-state index contributed by atoms with van der Waals surface area (Å²) in [6, 6.07) is 0. The molecule has 0 atom stereocenters. The average Bonchev–Trinajstić information content (AvgIpc) is 2.44. The monoisotopic (exact) mass is 372 g/mol. The van der Waals surface area contributed by atoms with Crippen LogP contribution >= 0.6 is 26.0 Å². The Morgan fingerprint density at radius 1 is 0.789 bits per heavy atom. The molecule has 5 heteroatoms. The van der Waals surface area contributed by atoms with Crippen LogP contribution < -0.4 is 0 Å². The second-order valence-electron chi connectivity index (χ2n) is 3.73. The Labute approximate surface area is 134 Å². The topological polar surface area (TPSA) is 17.1 Å². The molecule has 0 fully saturated rings. The van der Waals surface area contributed by atoms with Gasteiger partial charge < -0.3 is 0 Å². The van der Waals surface area contributed by atoms with Crippen molar-refractivity contribution in [3.63, 3.8) is 0 Å². The fraction of sp³-hybridized carbons (Fsp3) is 0.929. The Kier molecular flexibility index (Phi) is 28.7. The van der Waals surface area contributed by atoms with Gasteiger partial charge in [-0.1, -0.05) is 41.5 Å². The van der Waals surface area contributed by atoms with Crippen molar-refractivity contribution in [3.8, 4) is 0 Å². The van der Waals surface area contributed by atoms with Crippen molar-refractivity contribution >= 4 is 30.8 Å². The van der Waals surface area contributed by atoms with Crippen molar-refractivity contribution in [3.05, 3.63) is 0 Å². The first-order valence-electron chi connectivity index (χ1n) is 7.12. The van der Waals surface area contributed by atoms with Gasteiger partial charge in [0.05, 0.1) is 0 Å². The van der Waals surface area contributed by atoms with Gasteiger partial charge >= 0.3 is 40.2 Å². The zero-order valence-electron chi connectivity index (χ0n) is 13.7. The average molecular weight is 374 g/mol.